The first kappa shape index (κ1) is 14.0. The zero-order valence-corrected chi connectivity index (χ0v) is 11.1. The number of carbonyl (C=O) groups excluding carboxylic acids is 1. The first-order valence-electron chi connectivity index (χ1n) is 6.61. The molecule has 1 heterocycles. The molecule has 1 aromatic carbocycles. The van der Waals surface area contributed by atoms with Gasteiger partial charge in [0.1, 0.15) is 0 Å². The molecule has 1 aromatic rings. The Morgan fingerprint density at radius 2 is 2.11 bits per heavy atom. The molecule has 0 bridgehead atoms. The zero-order chi connectivity index (χ0) is 13.7. The van der Waals surface area contributed by atoms with E-state index in [1.807, 2.05) is 24.3 Å². The normalized spacial score (nSPS) is 22.4. The van der Waals surface area contributed by atoms with Crippen molar-refractivity contribution in [2.45, 2.75) is 19.6 Å². The largest absolute Gasteiger partial charge is 0.391 e. The third-order valence-electron chi connectivity index (χ3n) is 3.31. The Morgan fingerprint density at radius 3 is 2.68 bits per heavy atom. The van der Waals surface area contributed by atoms with Crippen molar-refractivity contribution in [2.24, 2.45) is 5.92 Å². The van der Waals surface area contributed by atoms with Crippen molar-refractivity contribution in [3.63, 3.8) is 0 Å². The molecular formula is C14H21N3O2. The second kappa shape index (κ2) is 6.65. The highest BCUT2D eigenvalue weighted by Gasteiger charge is 2.23. The average Bonchev–Trinajstić information content (AvgIpc) is 2.77. The van der Waals surface area contributed by atoms with E-state index in [2.05, 4.69) is 16.0 Å². The Kier molecular flexibility index (Phi) is 4.90. The van der Waals surface area contributed by atoms with E-state index < -0.39 is 0 Å². The molecule has 0 aliphatic carbocycles. The van der Waals surface area contributed by atoms with Crippen LogP contribution in [0, 0.1) is 5.92 Å². The second-order valence-electron chi connectivity index (χ2n) is 4.99. The van der Waals surface area contributed by atoms with Gasteiger partial charge in [0.15, 0.2) is 0 Å². The highest BCUT2D eigenvalue weighted by atomic mass is 16.3. The third-order valence-corrected chi connectivity index (χ3v) is 3.31. The van der Waals surface area contributed by atoms with Gasteiger partial charge in [-0.05, 0) is 17.7 Å². The molecule has 0 saturated carbocycles. The molecule has 4 N–H and O–H groups in total. The lowest BCUT2D eigenvalue weighted by Crippen LogP contribution is -2.30. The molecule has 0 spiro atoms. The van der Waals surface area contributed by atoms with Gasteiger partial charge in [-0.25, -0.2) is 0 Å². The van der Waals surface area contributed by atoms with Gasteiger partial charge >= 0.3 is 0 Å². The molecule has 1 fully saturated rings. The van der Waals surface area contributed by atoms with Crippen LogP contribution in [0.5, 0.6) is 0 Å². The van der Waals surface area contributed by atoms with E-state index in [0.717, 1.165) is 30.9 Å². The highest BCUT2D eigenvalue weighted by molar-refractivity contribution is 5.88. The maximum atomic E-state index is 10.9. The molecule has 1 saturated heterocycles. The molecule has 0 radical (unpaired) electrons. The van der Waals surface area contributed by atoms with Crippen LogP contribution in [0.3, 0.4) is 0 Å². The number of carbonyl (C=O) groups is 1. The summed E-state index contributed by atoms with van der Waals surface area (Å²) in [5.41, 5.74) is 1.97. The molecule has 1 amide bonds. The number of hydrogen-bond donors (Lipinski definition) is 4. The van der Waals surface area contributed by atoms with E-state index in [1.54, 1.807) is 0 Å². The number of anilines is 1. The SMILES string of the molecule is CC(=O)Nc1ccc(CNCC2CNCC2O)cc1. The summed E-state index contributed by atoms with van der Waals surface area (Å²) in [4.78, 5) is 10.9. The Labute approximate surface area is 113 Å². The summed E-state index contributed by atoms with van der Waals surface area (Å²) in [6, 6.07) is 7.76. The number of β-amino-alcohol motifs (C(OH)–C–C–N with tert-alkyl or cyclic N) is 1. The molecule has 2 rings (SSSR count). The molecule has 104 valence electrons. The number of aliphatic hydroxyl groups excluding tert-OH is 1. The van der Waals surface area contributed by atoms with Gasteiger partial charge in [0.2, 0.25) is 5.91 Å². The molecule has 1 aliphatic rings. The first-order chi connectivity index (χ1) is 9.15. The maximum Gasteiger partial charge on any atom is 0.221 e. The van der Waals surface area contributed by atoms with Gasteiger partial charge in [-0.15, -0.1) is 0 Å². The Hall–Kier alpha value is -1.43. The fraction of sp³-hybridized carbons (Fsp3) is 0.500. The highest BCUT2D eigenvalue weighted by Crippen LogP contribution is 2.10. The van der Waals surface area contributed by atoms with Crippen molar-refractivity contribution >= 4 is 11.6 Å². The second-order valence-corrected chi connectivity index (χ2v) is 4.99. The molecular weight excluding hydrogens is 242 g/mol. The van der Waals surface area contributed by atoms with Crippen LogP contribution in [0.25, 0.3) is 0 Å². The van der Waals surface area contributed by atoms with Crippen LogP contribution < -0.4 is 16.0 Å². The lowest BCUT2D eigenvalue weighted by atomic mass is 10.1. The predicted octanol–water partition coefficient (Wildman–Crippen LogP) is 0.315. The summed E-state index contributed by atoms with van der Waals surface area (Å²) in [6.07, 6.45) is -0.241. The number of nitrogens with one attached hydrogen (secondary N) is 3. The van der Waals surface area contributed by atoms with Crippen molar-refractivity contribution in [3.05, 3.63) is 29.8 Å². The van der Waals surface area contributed by atoms with Gasteiger partial charge in [-0.3, -0.25) is 4.79 Å². The standard InChI is InChI=1S/C14H21N3O2/c1-10(18)17-13-4-2-11(3-5-13)6-15-7-12-8-16-9-14(12)19/h2-5,12,14-16,19H,6-9H2,1H3,(H,17,18). The van der Waals surface area contributed by atoms with Gasteiger partial charge in [0.05, 0.1) is 6.10 Å². The van der Waals surface area contributed by atoms with Crippen LogP contribution in [0.4, 0.5) is 5.69 Å². The summed E-state index contributed by atoms with van der Waals surface area (Å²) in [7, 11) is 0. The van der Waals surface area contributed by atoms with Crippen LogP contribution >= 0.6 is 0 Å². The van der Waals surface area contributed by atoms with Crippen molar-refractivity contribution in [1.82, 2.24) is 10.6 Å². The Balaban J connectivity index is 1.75. The topological polar surface area (TPSA) is 73.4 Å². The summed E-state index contributed by atoms with van der Waals surface area (Å²) >= 11 is 0. The fourth-order valence-corrected chi connectivity index (χ4v) is 2.24. The minimum Gasteiger partial charge on any atom is -0.391 e. The van der Waals surface area contributed by atoms with Crippen molar-refractivity contribution in [1.29, 1.82) is 0 Å². The molecule has 5 heteroatoms. The van der Waals surface area contributed by atoms with Gasteiger partial charge in [-0.1, -0.05) is 12.1 Å². The molecule has 2 unspecified atom stereocenters. The van der Waals surface area contributed by atoms with E-state index in [9.17, 15) is 9.90 Å². The summed E-state index contributed by atoms with van der Waals surface area (Å²) in [5, 5.41) is 18.9. The lowest BCUT2D eigenvalue weighted by molar-refractivity contribution is -0.114. The minimum atomic E-state index is -0.241. The number of benzene rings is 1. The van der Waals surface area contributed by atoms with Crippen LogP contribution in [0.2, 0.25) is 0 Å². The molecule has 0 aromatic heterocycles. The number of rotatable bonds is 5. The fourth-order valence-electron chi connectivity index (χ4n) is 2.24. The average molecular weight is 263 g/mol. The van der Waals surface area contributed by atoms with Crippen LogP contribution in [-0.4, -0.2) is 36.8 Å². The quantitative estimate of drug-likeness (QED) is 0.617. The van der Waals surface area contributed by atoms with E-state index in [-0.39, 0.29) is 12.0 Å². The van der Waals surface area contributed by atoms with Crippen molar-refractivity contribution in [2.75, 3.05) is 25.0 Å². The number of hydrogen-bond acceptors (Lipinski definition) is 4. The summed E-state index contributed by atoms with van der Waals surface area (Å²) < 4.78 is 0. The Morgan fingerprint density at radius 1 is 1.37 bits per heavy atom. The van der Waals surface area contributed by atoms with Crippen LogP contribution in [-0.2, 0) is 11.3 Å². The van der Waals surface area contributed by atoms with Gasteiger partial charge in [0, 0.05) is 44.7 Å². The molecule has 5 nitrogen and oxygen atoms in total. The van der Waals surface area contributed by atoms with Crippen LogP contribution in [0.1, 0.15) is 12.5 Å². The third kappa shape index (κ3) is 4.31. The van der Waals surface area contributed by atoms with Gasteiger partial charge in [0.25, 0.3) is 0 Å². The monoisotopic (exact) mass is 263 g/mol. The molecule has 19 heavy (non-hydrogen) atoms. The first-order valence-corrected chi connectivity index (χ1v) is 6.61. The minimum absolute atomic E-state index is 0.0615. The van der Waals surface area contributed by atoms with Crippen molar-refractivity contribution < 1.29 is 9.90 Å². The predicted molar refractivity (Wildman–Crippen MR) is 74.8 cm³/mol. The Bertz CT molecular complexity index is 419. The molecule has 1 aliphatic heterocycles. The number of amides is 1. The lowest BCUT2D eigenvalue weighted by Gasteiger charge is -2.14. The number of aliphatic hydroxyl groups is 1. The van der Waals surface area contributed by atoms with E-state index >= 15 is 0 Å². The van der Waals surface area contributed by atoms with E-state index in [1.165, 1.54) is 6.92 Å². The summed E-state index contributed by atoms with van der Waals surface area (Å²) in [5.74, 6) is 0.229. The van der Waals surface area contributed by atoms with Gasteiger partial charge < -0.3 is 21.1 Å². The zero-order valence-electron chi connectivity index (χ0n) is 11.1. The smallest absolute Gasteiger partial charge is 0.221 e. The maximum absolute atomic E-state index is 10.9. The summed E-state index contributed by atoms with van der Waals surface area (Å²) in [6.45, 7) is 4.63. The van der Waals surface area contributed by atoms with Crippen LogP contribution in [0.15, 0.2) is 24.3 Å². The van der Waals surface area contributed by atoms with Crippen molar-refractivity contribution in [3.8, 4) is 0 Å². The van der Waals surface area contributed by atoms with E-state index in [4.69, 9.17) is 0 Å². The van der Waals surface area contributed by atoms with E-state index in [0.29, 0.717) is 12.5 Å². The van der Waals surface area contributed by atoms with Gasteiger partial charge in [-0.2, -0.15) is 0 Å². The molecule has 2 atom stereocenters.